The van der Waals surface area contributed by atoms with Gasteiger partial charge in [-0.3, -0.25) is 4.90 Å². The van der Waals surface area contributed by atoms with Gasteiger partial charge in [-0.15, -0.1) is 11.3 Å². The van der Waals surface area contributed by atoms with Crippen LogP contribution in [0.15, 0.2) is 6.20 Å². The SMILES string of the molecule is Cc1ncc(CN2C3CCCC2CC(N)C3)s1. The van der Waals surface area contributed by atoms with E-state index in [4.69, 9.17) is 5.73 Å². The minimum absolute atomic E-state index is 0.435. The number of aromatic nitrogens is 1. The van der Waals surface area contributed by atoms with Gasteiger partial charge in [-0.25, -0.2) is 4.98 Å². The molecule has 0 aromatic carbocycles. The average Bonchev–Trinajstić information content (AvgIpc) is 2.65. The van der Waals surface area contributed by atoms with Gasteiger partial charge in [0.2, 0.25) is 0 Å². The molecule has 2 atom stereocenters. The molecule has 0 aliphatic carbocycles. The van der Waals surface area contributed by atoms with Crippen molar-refractivity contribution in [2.75, 3.05) is 0 Å². The molecule has 2 aliphatic heterocycles. The van der Waals surface area contributed by atoms with Crippen LogP contribution >= 0.6 is 11.3 Å². The first kappa shape index (κ1) is 11.6. The number of hydrogen-bond donors (Lipinski definition) is 1. The number of nitrogens with two attached hydrogens (primary N) is 1. The zero-order valence-corrected chi connectivity index (χ0v) is 11.2. The Balaban J connectivity index is 1.73. The Labute approximate surface area is 107 Å². The van der Waals surface area contributed by atoms with Gasteiger partial charge < -0.3 is 5.73 Å². The predicted octanol–water partition coefficient (Wildman–Crippen LogP) is 2.30. The summed E-state index contributed by atoms with van der Waals surface area (Å²) in [5.74, 6) is 0. The van der Waals surface area contributed by atoms with Crippen LogP contribution in [0, 0.1) is 6.92 Å². The van der Waals surface area contributed by atoms with Gasteiger partial charge in [0, 0.05) is 35.7 Å². The van der Waals surface area contributed by atoms with E-state index in [1.165, 1.54) is 42.0 Å². The third-order valence-electron chi connectivity index (χ3n) is 4.17. The van der Waals surface area contributed by atoms with Crippen molar-refractivity contribution in [1.29, 1.82) is 0 Å². The summed E-state index contributed by atoms with van der Waals surface area (Å²) in [4.78, 5) is 8.46. The highest BCUT2D eigenvalue weighted by Gasteiger charge is 2.36. The van der Waals surface area contributed by atoms with E-state index in [0.29, 0.717) is 6.04 Å². The summed E-state index contributed by atoms with van der Waals surface area (Å²) in [6, 6.07) is 1.88. The van der Waals surface area contributed by atoms with Gasteiger partial charge in [0.15, 0.2) is 0 Å². The van der Waals surface area contributed by atoms with Gasteiger partial charge in [-0.05, 0) is 32.6 Å². The van der Waals surface area contributed by atoms with Crippen LogP contribution in [0.1, 0.15) is 42.0 Å². The van der Waals surface area contributed by atoms with Crippen molar-refractivity contribution >= 4 is 11.3 Å². The molecule has 1 aromatic heterocycles. The molecule has 3 heterocycles. The van der Waals surface area contributed by atoms with Gasteiger partial charge in [0.25, 0.3) is 0 Å². The second-order valence-corrected chi connectivity index (χ2v) is 6.81. The van der Waals surface area contributed by atoms with Gasteiger partial charge >= 0.3 is 0 Å². The second kappa shape index (κ2) is 4.67. The van der Waals surface area contributed by atoms with Crippen molar-refractivity contribution in [3.63, 3.8) is 0 Å². The normalized spacial score (nSPS) is 33.9. The van der Waals surface area contributed by atoms with Gasteiger partial charge in [-0.2, -0.15) is 0 Å². The molecule has 2 saturated heterocycles. The third kappa shape index (κ3) is 2.39. The minimum Gasteiger partial charge on any atom is -0.328 e. The van der Waals surface area contributed by atoms with E-state index < -0.39 is 0 Å². The lowest BCUT2D eigenvalue weighted by molar-refractivity contribution is 0.0253. The van der Waals surface area contributed by atoms with Crippen LogP contribution in [0.25, 0.3) is 0 Å². The number of fused-ring (bicyclic) bond motifs is 2. The summed E-state index contributed by atoms with van der Waals surface area (Å²) in [7, 11) is 0. The van der Waals surface area contributed by atoms with Crippen LogP contribution in [-0.2, 0) is 6.54 Å². The van der Waals surface area contributed by atoms with Crippen LogP contribution in [0.5, 0.6) is 0 Å². The van der Waals surface area contributed by atoms with Gasteiger partial charge in [0.1, 0.15) is 0 Å². The van der Waals surface area contributed by atoms with Crippen LogP contribution in [0.3, 0.4) is 0 Å². The molecule has 3 nitrogen and oxygen atoms in total. The minimum atomic E-state index is 0.435. The molecule has 94 valence electrons. The molecular formula is C13H21N3S. The molecular weight excluding hydrogens is 230 g/mol. The lowest BCUT2D eigenvalue weighted by Gasteiger charge is -2.48. The van der Waals surface area contributed by atoms with Crippen LogP contribution < -0.4 is 5.73 Å². The summed E-state index contributed by atoms with van der Waals surface area (Å²) in [5, 5.41) is 1.18. The molecule has 0 radical (unpaired) electrons. The Morgan fingerprint density at radius 1 is 1.41 bits per heavy atom. The van der Waals surface area contributed by atoms with Crippen LogP contribution in [0.2, 0.25) is 0 Å². The summed E-state index contributed by atoms with van der Waals surface area (Å²) >= 11 is 1.84. The van der Waals surface area contributed by atoms with Gasteiger partial charge in [0.05, 0.1) is 5.01 Å². The number of aryl methyl sites for hydroxylation is 1. The fraction of sp³-hybridized carbons (Fsp3) is 0.769. The monoisotopic (exact) mass is 251 g/mol. The first-order chi connectivity index (χ1) is 8.22. The molecule has 1 aromatic rings. The quantitative estimate of drug-likeness (QED) is 0.877. The highest BCUT2D eigenvalue weighted by molar-refractivity contribution is 7.11. The molecule has 0 saturated carbocycles. The Bertz CT molecular complexity index is 376. The summed E-state index contributed by atoms with van der Waals surface area (Å²) in [6.07, 6.45) is 8.48. The maximum absolute atomic E-state index is 6.15. The number of nitrogens with zero attached hydrogens (tertiary/aromatic N) is 2. The smallest absolute Gasteiger partial charge is 0.0897 e. The van der Waals surface area contributed by atoms with E-state index in [2.05, 4.69) is 16.8 Å². The second-order valence-electron chi connectivity index (χ2n) is 5.49. The third-order valence-corrected chi connectivity index (χ3v) is 5.07. The highest BCUT2D eigenvalue weighted by atomic mass is 32.1. The largest absolute Gasteiger partial charge is 0.328 e. The van der Waals surface area contributed by atoms with E-state index in [-0.39, 0.29) is 0 Å². The fourth-order valence-electron chi connectivity index (χ4n) is 3.44. The Kier molecular flexibility index (Phi) is 3.19. The number of piperidine rings is 2. The predicted molar refractivity (Wildman–Crippen MR) is 71.0 cm³/mol. The summed E-state index contributed by atoms with van der Waals surface area (Å²) in [6.45, 7) is 3.18. The lowest BCUT2D eigenvalue weighted by Crippen LogP contribution is -2.54. The molecule has 2 unspecified atom stereocenters. The van der Waals surface area contributed by atoms with E-state index in [1.54, 1.807) is 0 Å². The molecule has 2 N–H and O–H groups in total. The highest BCUT2D eigenvalue weighted by Crippen LogP contribution is 2.35. The molecule has 17 heavy (non-hydrogen) atoms. The molecule has 2 bridgehead atoms. The molecule has 2 aliphatic rings. The summed E-state index contributed by atoms with van der Waals surface area (Å²) < 4.78 is 0. The molecule has 3 rings (SSSR count). The van der Waals surface area contributed by atoms with E-state index in [1.807, 2.05) is 17.5 Å². The van der Waals surface area contributed by atoms with Crippen LogP contribution in [-0.4, -0.2) is 28.0 Å². The van der Waals surface area contributed by atoms with Crippen molar-refractivity contribution in [2.45, 2.75) is 63.7 Å². The standard InChI is InChI=1S/C13H21N3S/c1-9-15-7-13(17-9)8-16-11-3-2-4-12(16)6-10(14)5-11/h7,10-12H,2-6,8,14H2,1H3. The lowest BCUT2D eigenvalue weighted by atomic mass is 9.82. The Morgan fingerprint density at radius 2 is 2.12 bits per heavy atom. The molecule has 0 amide bonds. The van der Waals surface area contributed by atoms with Crippen molar-refractivity contribution in [2.24, 2.45) is 5.73 Å². The fourth-order valence-corrected chi connectivity index (χ4v) is 4.24. The summed E-state index contributed by atoms with van der Waals surface area (Å²) in [5.41, 5.74) is 6.15. The number of hydrogen-bond acceptors (Lipinski definition) is 4. The molecule has 4 heteroatoms. The maximum Gasteiger partial charge on any atom is 0.0897 e. The van der Waals surface area contributed by atoms with Crippen LogP contribution in [0.4, 0.5) is 0 Å². The van der Waals surface area contributed by atoms with E-state index >= 15 is 0 Å². The zero-order chi connectivity index (χ0) is 11.8. The first-order valence-electron chi connectivity index (χ1n) is 6.65. The number of rotatable bonds is 2. The average molecular weight is 251 g/mol. The van der Waals surface area contributed by atoms with Crippen molar-refractivity contribution in [3.05, 3.63) is 16.1 Å². The van der Waals surface area contributed by atoms with E-state index in [0.717, 1.165) is 18.6 Å². The van der Waals surface area contributed by atoms with Crippen molar-refractivity contribution < 1.29 is 0 Å². The Hall–Kier alpha value is -0.450. The number of thiazole rings is 1. The maximum atomic E-state index is 6.15. The van der Waals surface area contributed by atoms with E-state index in [9.17, 15) is 0 Å². The zero-order valence-electron chi connectivity index (χ0n) is 10.4. The van der Waals surface area contributed by atoms with Crippen molar-refractivity contribution in [1.82, 2.24) is 9.88 Å². The topological polar surface area (TPSA) is 42.2 Å². The molecule has 0 spiro atoms. The Morgan fingerprint density at radius 3 is 2.71 bits per heavy atom. The first-order valence-corrected chi connectivity index (χ1v) is 7.46. The van der Waals surface area contributed by atoms with Crippen molar-refractivity contribution in [3.8, 4) is 0 Å². The molecule has 2 fully saturated rings. The van der Waals surface area contributed by atoms with Gasteiger partial charge in [-0.1, -0.05) is 6.42 Å².